The van der Waals surface area contributed by atoms with Crippen LogP contribution in [0.1, 0.15) is 17.2 Å². The normalized spacial score (nSPS) is 13.5. The highest BCUT2D eigenvalue weighted by Crippen LogP contribution is 2.40. The van der Waals surface area contributed by atoms with Crippen molar-refractivity contribution in [1.29, 1.82) is 0 Å². The molecular weight excluding hydrogens is 385 g/mol. The number of carbonyl (C=O) groups is 1. The fraction of sp³-hybridized carbons (Fsp3) is 0.136. The van der Waals surface area contributed by atoms with E-state index in [9.17, 15) is 14.3 Å². The Hall–Kier alpha value is -3.94. The minimum Gasteiger partial charge on any atom is -0.505 e. The van der Waals surface area contributed by atoms with Crippen molar-refractivity contribution in [2.75, 3.05) is 11.1 Å². The SMILES string of the molecule is Nc1ncnc2c1c(-c1cc(O)c(F)c(NC=O)c1)cn2C1Cc2ccccc2C1. The van der Waals surface area contributed by atoms with Crippen LogP contribution in [-0.2, 0) is 17.6 Å². The van der Waals surface area contributed by atoms with Gasteiger partial charge >= 0.3 is 0 Å². The zero-order chi connectivity index (χ0) is 20.8. The lowest BCUT2D eigenvalue weighted by molar-refractivity contribution is -0.105. The van der Waals surface area contributed by atoms with E-state index in [-0.39, 0.29) is 17.5 Å². The number of rotatable bonds is 4. The highest BCUT2D eigenvalue weighted by atomic mass is 19.1. The zero-order valence-electron chi connectivity index (χ0n) is 15.8. The fourth-order valence-corrected chi connectivity index (χ4v) is 4.27. The number of aromatic hydroxyl groups is 1. The number of halogens is 1. The molecule has 30 heavy (non-hydrogen) atoms. The van der Waals surface area contributed by atoms with Crippen molar-refractivity contribution >= 4 is 28.9 Å². The van der Waals surface area contributed by atoms with Gasteiger partial charge in [-0.15, -0.1) is 0 Å². The maximum Gasteiger partial charge on any atom is 0.211 e. The zero-order valence-corrected chi connectivity index (χ0v) is 15.8. The molecular formula is C22H18FN5O2. The van der Waals surface area contributed by atoms with E-state index in [0.717, 1.165) is 12.8 Å². The van der Waals surface area contributed by atoms with Gasteiger partial charge in [0.25, 0.3) is 0 Å². The first-order chi connectivity index (χ1) is 14.6. The smallest absolute Gasteiger partial charge is 0.211 e. The Morgan fingerprint density at radius 1 is 1.20 bits per heavy atom. The molecule has 4 N–H and O–H groups in total. The molecule has 1 aliphatic carbocycles. The summed E-state index contributed by atoms with van der Waals surface area (Å²) in [6, 6.07) is 11.2. The van der Waals surface area contributed by atoms with Gasteiger partial charge < -0.3 is 20.7 Å². The van der Waals surface area contributed by atoms with E-state index in [2.05, 4.69) is 32.0 Å². The molecule has 8 heteroatoms. The second-order valence-corrected chi connectivity index (χ2v) is 7.36. The lowest BCUT2D eigenvalue weighted by Crippen LogP contribution is -2.08. The van der Waals surface area contributed by atoms with E-state index in [4.69, 9.17) is 5.73 Å². The first kappa shape index (κ1) is 18.1. The number of nitrogens with zero attached hydrogens (tertiary/aromatic N) is 3. The number of nitrogens with one attached hydrogen (secondary N) is 1. The molecule has 0 unspecified atom stereocenters. The van der Waals surface area contributed by atoms with Gasteiger partial charge in [0.05, 0.1) is 11.1 Å². The van der Waals surface area contributed by atoms with Gasteiger partial charge in [0.2, 0.25) is 6.41 Å². The Balaban J connectivity index is 1.69. The minimum atomic E-state index is -0.898. The van der Waals surface area contributed by atoms with Gasteiger partial charge in [0.15, 0.2) is 11.6 Å². The highest BCUT2D eigenvalue weighted by Gasteiger charge is 2.26. The van der Waals surface area contributed by atoms with Gasteiger partial charge in [-0.25, -0.2) is 14.4 Å². The van der Waals surface area contributed by atoms with Crippen molar-refractivity contribution in [1.82, 2.24) is 14.5 Å². The van der Waals surface area contributed by atoms with Crippen molar-refractivity contribution in [3.8, 4) is 16.9 Å². The van der Waals surface area contributed by atoms with Crippen molar-refractivity contribution in [2.45, 2.75) is 18.9 Å². The predicted molar refractivity (Wildman–Crippen MR) is 112 cm³/mol. The van der Waals surface area contributed by atoms with Crippen molar-refractivity contribution in [2.24, 2.45) is 0 Å². The monoisotopic (exact) mass is 403 g/mol. The number of fused-ring (bicyclic) bond motifs is 2. The molecule has 1 aliphatic rings. The van der Waals surface area contributed by atoms with Crippen LogP contribution >= 0.6 is 0 Å². The second kappa shape index (κ2) is 6.84. The van der Waals surface area contributed by atoms with Gasteiger partial charge in [-0.1, -0.05) is 24.3 Å². The third-order valence-electron chi connectivity index (χ3n) is 5.64. The summed E-state index contributed by atoms with van der Waals surface area (Å²) in [5.74, 6) is -1.18. The minimum absolute atomic E-state index is 0.121. The van der Waals surface area contributed by atoms with E-state index in [0.29, 0.717) is 28.6 Å². The standard InChI is InChI=1S/C22H18FN5O2/c23-20-17(27-11-29)7-14(8-18(20)30)16-9-28(22-19(16)21(24)25-10-26-22)15-5-12-3-1-2-4-13(12)6-15/h1-4,7-11,15,30H,5-6H2,(H,27,29)(H2,24,25,26). The molecule has 0 radical (unpaired) electrons. The summed E-state index contributed by atoms with van der Waals surface area (Å²) in [6.07, 6.45) is 5.40. The number of nitrogens with two attached hydrogens (primary N) is 1. The average molecular weight is 403 g/mol. The first-order valence-electron chi connectivity index (χ1n) is 9.47. The van der Waals surface area contributed by atoms with Gasteiger partial charge in [0.1, 0.15) is 17.8 Å². The van der Waals surface area contributed by atoms with Gasteiger partial charge in [-0.2, -0.15) is 0 Å². The average Bonchev–Trinajstić information content (AvgIpc) is 3.33. The number of hydrogen-bond acceptors (Lipinski definition) is 5. The predicted octanol–water partition coefficient (Wildman–Crippen LogP) is 3.43. The van der Waals surface area contributed by atoms with E-state index in [1.807, 2.05) is 18.3 Å². The summed E-state index contributed by atoms with van der Waals surface area (Å²) < 4.78 is 16.2. The van der Waals surface area contributed by atoms with Gasteiger partial charge in [-0.05, 0) is 41.7 Å². The molecule has 2 aromatic heterocycles. The number of anilines is 2. The van der Waals surface area contributed by atoms with E-state index < -0.39 is 11.6 Å². The first-order valence-corrected chi connectivity index (χ1v) is 9.47. The van der Waals surface area contributed by atoms with Crippen LogP contribution in [0.25, 0.3) is 22.2 Å². The number of hydrogen-bond donors (Lipinski definition) is 3. The van der Waals surface area contributed by atoms with E-state index >= 15 is 0 Å². The van der Waals surface area contributed by atoms with E-state index in [1.54, 1.807) is 0 Å². The van der Waals surface area contributed by atoms with Crippen molar-refractivity contribution in [3.05, 3.63) is 65.9 Å². The Kier molecular flexibility index (Phi) is 4.13. The molecule has 0 bridgehead atoms. The Morgan fingerprint density at radius 3 is 2.63 bits per heavy atom. The Morgan fingerprint density at radius 2 is 1.93 bits per heavy atom. The number of aromatic nitrogens is 3. The maximum atomic E-state index is 14.2. The topological polar surface area (TPSA) is 106 Å². The molecule has 7 nitrogen and oxygen atoms in total. The molecule has 0 atom stereocenters. The van der Waals surface area contributed by atoms with Crippen LogP contribution in [0.3, 0.4) is 0 Å². The number of benzene rings is 2. The fourth-order valence-electron chi connectivity index (χ4n) is 4.27. The van der Waals surface area contributed by atoms with Crippen LogP contribution < -0.4 is 11.1 Å². The van der Waals surface area contributed by atoms with Crippen LogP contribution in [0.4, 0.5) is 15.9 Å². The summed E-state index contributed by atoms with van der Waals surface area (Å²) in [5, 5.41) is 12.9. The Labute approximate surface area is 171 Å². The van der Waals surface area contributed by atoms with Crippen LogP contribution in [0.15, 0.2) is 48.9 Å². The number of amides is 1. The summed E-state index contributed by atoms with van der Waals surface area (Å²) in [7, 11) is 0. The molecule has 1 amide bonds. The highest BCUT2D eigenvalue weighted by molar-refractivity contribution is 6.01. The van der Waals surface area contributed by atoms with Crippen molar-refractivity contribution < 1.29 is 14.3 Å². The van der Waals surface area contributed by atoms with Crippen LogP contribution in [-0.4, -0.2) is 26.1 Å². The summed E-state index contributed by atoms with van der Waals surface area (Å²) in [5.41, 5.74) is 10.5. The summed E-state index contributed by atoms with van der Waals surface area (Å²) >= 11 is 0. The molecule has 0 saturated carbocycles. The lowest BCUT2D eigenvalue weighted by atomic mass is 10.0. The molecule has 4 aromatic rings. The van der Waals surface area contributed by atoms with Crippen LogP contribution in [0.5, 0.6) is 5.75 Å². The number of phenolic OH excluding ortho intramolecular Hbond substituents is 1. The maximum absolute atomic E-state index is 14.2. The number of nitrogen functional groups attached to an aromatic ring is 1. The molecule has 5 rings (SSSR count). The molecule has 2 aromatic carbocycles. The largest absolute Gasteiger partial charge is 0.505 e. The molecule has 150 valence electrons. The number of phenols is 1. The molecule has 0 saturated heterocycles. The van der Waals surface area contributed by atoms with Crippen molar-refractivity contribution in [3.63, 3.8) is 0 Å². The second-order valence-electron chi connectivity index (χ2n) is 7.36. The quantitative estimate of drug-likeness (QED) is 0.453. The number of carbonyl (C=O) groups excluding carboxylic acids is 1. The molecule has 0 aliphatic heterocycles. The Bertz CT molecular complexity index is 1280. The summed E-state index contributed by atoms with van der Waals surface area (Å²) in [6.45, 7) is 0. The molecule has 0 fully saturated rings. The van der Waals surface area contributed by atoms with Crippen LogP contribution in [0, 0.1) is 5.82 Å². The molecule has 2 heterocycles. The third kappa shape index (κ3) is 2.76. The van der Waals surface area contributed by atoms with E-state index in [1.165, 1.54) is 29.6 Å². The summed E-state index contributed by atoms with van der Waals surface area (Å²) in [4.78, 5) is 19.4. The lowest BCUT2D eigenvalue weighted by Gasteiger charge is -2.12. The van der Waals surface area contributed by atoms with Crippen LogP contribution in [0.2, 0.25) is 0 Å². The molecule has 0 spiro atoms. The third-order valence-corrected chi connectivity index (χ3v) is 5.64. The van der Waals surface area contributed by atoms with Gasteiger partial charge in [-0.3, -0.25) is 4.79 Å². The van der Waals surface area contributed by atoms with Gasteiger partial charge in [0, 0.05) is 17.8 Å².